The molecule has 0 saturated carbocycles. The first-order valence-electron chi connectivity index (χ1n) is 5.56. The molecule has 21 heavy (non-hydrogen) atoms. The third-order valence-electron chi connectivity index (χ3n) is 2.31. The van der Waals surface area contributed by atoms with Gasteiger partial charge in [0.15, 0.2) is 5.82 Å². The molecule has 7 heteroatoms. The summed E-state index contributed by atoms with van der Waals surface area (Å²) in [6, 6.07) is 14.6. The van der Waals surface area contributed by atoms with Crippen molar-refractivity contribution < 1.29 is 42.0 Å². The molecule has 0 unspecified atom stereocenters. The van der Waals surface area contributed by atoms with Gasteiger partial charge in [0.1, 0.15) is 0 Å². The summed E-state index contributed by atoms with van der Waals surface area (Å²) in [5, 5.41) is 10.7. The van der Waals surface area contributed by atoms with Crippen LogP contribution in [0.2, 0.25) is 0 Å². The van der Waals surface area contributed by atoms with Crippen molar-refractivity contribution in [3.05, 3.63) is 77.0 Å². The molecule has 103 valence electrons. The van der Waals surface area contributed by atoms with Gasteiger partial charge in [0, 0.05) is 39.0 Å². The molecule has 0 spiro atoms. The van der Waals surface area contributed by atoms with Crippen LogP contribution in [-0.4, -0.2) is 14.9 Å². The minimum atomic E-state index is -0.908. The van der Waals surface area contributed by atoms with Crippen molar-refractivity contribution >= 4 is 16.6 Å². The van der Waals surface area contributed by atoms with Crippen LogP contribution < -0.4 is 0 Å². The Kier molecular flexibility index (Phi) is 6.98. The smallest absolute Gasteiger partial charge is 0.265 e. The van der Waals surface area contributed by atoms with Crippen LogP contribution in [0.1, 0.15) is 0 Å². The summed E-state index contributed by atoms with van der Waals surface area (Å²) in [6.07, 6.45) is 3.69. The van der Waals surface area contributed by atoms with Crippen molar-refractivity contribution in [3.63, 3.8) is 0 Å². The summed E-state index contributed by atoms with van der Waals surface area (Å²) in [4.78, 5) is 16.9. The summed E-state index contributed by atoms with van der Waals surface area (Å²) in [5.41, 5.74) is -0.299. The average molecular weight is 358 g/mol. The first-order valence-corrected chi connectivity index (χ1v) is 5.56. The van der Waals surface area contributed by atoms with Crippen LogP contribution in [0, 0.1) is 28.2 Å². The number of nitro benzene ring substituents is 1. The number of halogens is 1. The second kappa shape index (κ2) is 8.49. The van der Waals surface area contributed by atoms with Crippen molar-refractivity contribution in [2.45, 2.75) is 0 Å². The molecule has 0 saturated heterocycles. The molecule has 3 rings (SSSR count). The fourth-order valence-electron chi connectivity index (χ4n) is 1.42. The van der Waals surface area contributed by atoms with Crippen LogP contribution >= 0.6 is 0 Å². The van der Waals surface area contributed by atoms with Gasteiger partial charge in [0.05, 0.1) is 4.92 Å². The molecule has 0 bridgehead atoms. The van der Waals surface area contributed by atoms with E-state index in [0.29, 0.717) is 10.9 Å². The van der Waals surface area contributed by atoms with E-state index in [0.717, 1.165) is 12.1 Å². The fraction of sp³-hybridized carbons (Fsp3) is 0. The number of rotatable bonds is 1. The Morgan fingerprint density at radius 3 is 2.43 bits per heavy atom. The van der Waals surface area contributed by atoms with E-state index in [2.05, 4.69) is 22.2 Å². The summed E-state index contributed by atoms with van der Waals surface area (Å²) < 4.78 is 13.1. The monoisotopic (exact) mass is 358 g/mol. The van der Waals surface area contributed by atoms with E-state index >= 15 is 0 Å². The quantitative estimate of drug-likeness (QED) is 0.381. The van der Waals surface area contributed by atoms with Crippen LogP contribution in [0.15, 0.2) is 48.8 Å². The molecule has 0 aliphatic heterocycles. The summed E-state index contributed by atoms with van der Waals surface area (Å²) in [5.74, 6) is -0.908. The molecule has 1 radical (unpaired) electrons. The molecule has 5 nitrogen and oxygen atoms in total. The van der Waals surface area contributed by atoms with Gasteiger partial charge in [-0.05, 0) is 17.8 Å². The van der Waals surface area contributed by atoms with Gasteiger partial charge >= 0.3 is 0 Å². The molecule has 1 aromatic heterocycles. The van der Waals surface area contributed by atoms with Gasteiger partial charge in [-0.2, -0.15) is 36.4 Å². The van der Waals surface area contributed by atoms with Gasteiger partial charge in [0.25, 0.3) is 5.69 Å². The van der Waals surface area contributed by atoms with Gasteiger partial charge in [0.2, 0.25) is 0 Å². The summed E-state index contributed by atoms with van der Waals surface area (Å²) in [6.45, 7) is 0. The van der Waals surface area contributed by atoms with Gasteiger partial charge in [-0.15, -0.1) is 0 Å². The van der Waals surface area contributed by atoms with E-state index in [1.807, 2.05) is 30.3 Å². The summed E-state index contributed by atoms with van der Waals surface area (Å²) in [7, 11) is 0. The largest absolute Gasteiger partial charge is 0.341 e. The molecule has 0 aliphatic rings. The van der Waals surface area contributed by atoms with E-state index in [4.69, 9.17) is 0 Å². The zero-order chi connectivity index (χ0) is 14.4. The number of fused-ring (bicyclic) bond motifs is 1. The predicted octanol–water partition coefficient (Wildman–Crippen LogP) is 2.96. The average Bonchev–Trinajstić information content (AvgIpc) is 2.48. The van der Waals surface area contributed by atoms with Gasteiger partial charge in [-0.25, -0.2) is 4.39 Å². The molecule has 0 amide bonds. The van der Waals surface area contributed by atoms with E-state index in [1.54, 1.807) is 0 Å². The fourth-order valence-corrected chi connectivity index (χ4v) is 1.42. The van der Waals surface area contributed by atoms with Gasteiger partial charge in [-0.1, -0.05) is 11.5 Å². The normalized spacial score (nSPS) is 9.19. The minimum absolute atomic E-state index is 0. The van der Waals surface area contributed by atoms with E-state index in [1.165, 1.54) is 6.33 Å². The van der Waals surface area contributed by atoms with Crippen molar-refractivity contribution in [3.8, 4) is 0 Å². The molecule has 0 atom stereocenters. The molecule has 0 aliphatic carbocycles. The number of aromatic nitrogens is 2. The van der Waals surface area contributed by atoms with Crippen molar-refractivity contribution in [1.82, 2.24) is 9.97 Å². The second-order valence-electron chi connectivity index (χ2n) is 3.64. The Bertz CT molecular complexity index is 699. The van der Waals surface area contributed by atoms with Gasteiger partial charge < -0.3 is 9.97 Å². The molecular formula is C14H8FN3O2Y-2. The van der Waals surface area contributed by atoms with Crippen molar-refractivity contribution in [2.24, 2.45) is 0 Å². The number of nitro groups is 1. The molecule has 0 fully saturated rings. The standard InChI is InChI=1S/C8H3FN3O2.C6H5.Y/c9-6-2-7-5(3-10-4-11-7)1-8(6)12(13)14;1-2-4-6-5-3-1;/h1-2,4H;1-5H;/q2*-1;. The number of nitrogens with zero attached hydrogens (tertiary/aromatic N) is 3. The SMILES string of the molecule is O=[N+]([O-])c1cc2[c-]ncnc2cc1F.[Y].[c-]1ccccc1. The number of hydrogen-bond acceptors (Lipinski definition) is 4. The molecule has 1 heterocycles. The predicted molar refractivity (Wildman–Crippen MR) is 70.3 cm³/mol. The zero-order valence-electron chi connectivity index (χ0n) is 10.7. The third kappa shape index (κ3) is 4.91. The van der Waals surface area contributed by atoms with Crippen LogP contribution in [0.25, 0.3) is 10.9 Å². The Hall–Kier alpha value is -1.79. The van der Waals surface area contributed by atoms with Crippen LogP contribution in [0.4, 0.5) is 10.1 Å². The maximum atomic E-state index is 13.1. The Morgan fingerprint density at radius 2 is 1.90 bits per heavy atom. The topological polar surface area (TPSA) is 68.9 Å². The summed E-state index contributed by atoms with van der Waals surface area (Å²) >= 11 is 0. The van der Waals surface area contributed by atoms with Crippen molar-refractivity contribution in [2.75, 3.05) is 0 Å². The van der Waals surface area contributed by atoms with E-state index in [9.17, 15) is 14.5 Å². The number of benzene rings is 2. The Labute approximate surface area is 145 Å². The number of hydrogen-bond donors (Lipinski definition) is 0. The van der Waals surface area contributed by atoms with Crippen molar-refractivity contribution in [1.29, 1.82) is 0 Å². The maximum absolute atomic E-state index is 13.1. The Balaban J connectivity index is 0.000000267. The minimum Gasteiger partial charge on any atom is -0.341 e. The first kappa shape index (κ1) is 17.3. The molecular weight excluding hydrogens is 350 g/mol. The third-order valence-corrected chi connectivity index (χ3v) is 2.31. The van der Waals surface area contributed by atoms with Crippen LogP contribution in [0.3, 0.4) is 0 Å². The first-order chi connectivity index (χ1) is 9.68. The van der Waals surface area contributed by atoms with Crippen LogP contribution in [-0.2, 0) is 32.7 Å². The molecule has 3 aromatic rings. The zero-order valence-corrected chi connectivity index (χ0v) is 13.6. The van der Waals surface area contributed by atoms with Crippen LogP contribution in [0.5, 0.6) is 0 Å². The Morgan fingerprint density at radius 1 is 1.19 bits per heavy atom. The molecule has 0 N–H and O–H groups in total. The second-order valence-corrected chi connectivity index (χ2v) is 3.64. The van der Waals surface area contributed by atoms with E-state index < -0.39 is 16.4 Å². The van der Waals surface area contributed by atoms with Gasteiger partial charge in [-0.3, -0.25) is 10.1 Å². The molecule has 2 aromatic carbocycles. The van der Waals surface area contributed by atoms with E-state index in [-0.39, 0.29) is 32.7 Å². The maximum Gasteiger partial charge on any atom is 0.265 e.